The Morgan fingerprint density at radius 3 is 3.25 bits per heavy atom. The summed E-state index contributed by atoms with van der Waals surface area (Å²) in [5, 5.41) is 7.29. The van der Waals surface area contributed by atoms with Crippen molar-refractivity contribution in [2.45, 2.75) is 26.0 Å². The maximum Gasteiger partial charge on any atom is 0.167 e. The fraction of sp³-hybridized carbons (Fsp3) is 0.636. The highest BCUT2D eigenvalue weighted by Crippen LogP contribution is 2.05. The van der Waals surface area contributed by atoms with Crippen LogP contribution >= 0.6 is 0 Å². The van der Waals surface area contributed by atoms with Gasteiger partial charge in [0.05, 0.1) is 12.8 Å². The van der Waals surface area contributed by atoms with Gasteiger partial charge < -0.3 is 10.1 Å². The number of hydrogen-bond acceptors (Lipinski definition) is 4. The molecule has 1 N–H and O–H groups in total. The number of rotatable bonds is 4. The van der Waals surface area contributed by atoms with Crippen LogP contribution in [0.5, 0.6) is 0 Å². The zero-order chi connectivity index (χ0) is 11.4. The van der Waals surface area contributed by atoms with Crippen molar-refractivity contribution in [1.29, 1.82) is 0 Å². The van der Waals surface area contributed by atoms with Gasteiger partial charge >= 0.3 is 0 Å². The summed E-state index contributed by atoms with van der Waals surface area (Å²) in [6.07, 6.45) is 3.77. The Balaban J connectivity index is 1.90. The molecule has 0 radical (unpaired) electrons. The molecule has 1 aromatic rings. The van der Waals surface area contributed by atoms with Gasteiger partial charge in [0.25, 0.3) is 0 Å². The van der Waals surface area contributed by atoms with Gasteiger partial charge in [0.1, 0.15) is 6.10 Å². The Bertz CT molecular complexity index is 356. The molecule has 1 aromatic heterocycles. The number of aryl methyl sites for hydroxylation is 1. The predicted molar refractivity (Wildman–Crippen MR) is 59.2 cm³/mol. The smallest absolute Gasteiger partial charge is 0.167 e. The van der Waals surface area contributed by atoms with E-state index in [-0.39, 0.29) is 11.9 Å². The van der Waals surface area contributed by atoms with Crippen molar-refractivity contribution in [3.63, 3.8) is 0 Å². The summed E-state index contributed by atoms with van der Waals surface area (Å²) >= 11 is 0. The summed E-state index contributed by atoms with van der Waals surface area (Å²) in [7, 11) is 0. The predicted octanol–water partition coefficient (Wildman–Crippen LogP) is 0.00300. The van der Waals surface area contributed by atoms with E-state index in [2.05, 4.69) is 10.4 Å². The third-order valence-corrected chi connectivity index (χ3v) is 2.68. The third kappa shape index (κ3) is 2.68. The Labute approximate surface area is 94.8 Å². The molecule has 1 atom stereocenters. The van der Waals surface area contributed by atoms with Crippen molar-refractivity contribution < 1.29 is 9.53 Å². The molecule has 1 aliphatic rings. The van der Waals surface area contributed by atoms with E-state index in [1.54, 1.807) is 6.20 Å². The number of nitrogens with zero attached hydrogens (tertiary/aromatic N) is 2. The van der Waals surface area contributed by atoms with Crippen LogP contribution in [0.1, 0.15) is 12.5 Å². The summed E-state index contributed by atoms with van der Waals surface area (Å²) < 4.78 is 7.23. The molecule has 1 fully saturated rings. The maximum absolute atomic E-state index is 11.9. The SMILES string of the molecule is CCn1cc(CC(=O)C2CNCCO2)cn1. The minimum absolute atomic E-state index is 0.128. The molecule has 2 rings (SSSR count). The van der Waals surface area contributed by atoms with E-state index in [9.17, 15) is 4.79 Å². The molecule has 1 aliphatic heterocycles. The fourth-order valence-electron chi connectivity index (χ4n) is 1.76. The van der Waals surface area contributed by atoms with Crippen LogP contribution < -0.4 is 5.32 Å². The molecule has 0 spiro atoms. The van der Waals surface area contributed by atoms with Crippen molar-refractivity contribution in [2.75, 3.05) is 19.7 Å². The first-order chi connectivity index (χ1) is 7.79. The largest absolute Gasteiger partial charge is 0.368 e. The van der Waals surface area contributed by atoms with Crippen LogP contribution in [0.3, 0.4) is 0 Å². The summed E-state index contributed by atoms with van der Waals surface area (Å²) in [5.41, 5.74) is 0.959. The zero-order valence-electron chi connectivity index (χ0n) is 9.48. The molecule has 0 aliphatic carbocycles. The minimum atomic E-state index is -0.293. The van der Waals surface area contributed by atoms with Crippen LogP contribution in [-0.4, -0.2) is 41.4 Å². The lowest BCUT2D eigenvalue weighted by Gasteiger charge is -2.22. The molecule has 2 heterocycles. The molecule has 1 unspecified atom stereocenters. The number of morpholine rings is 1. The molecule has 0 saturated carbocycles. The van der Waals surface area contributed by atoms with Crippen LogP contribution in [0.15, 0.2) is 12.4 Å². The van der Waals surface area contributed by atoms with Gasteiger partial charge in [-0.25, -0.2) is 0 Å². The minimum Gasteiger partial charge on any atom is -0.368 e. The van der Waals surface area contributed by atoms with E-state index in [1.807, 2.05) is 17.8 Å². The van der Waals surface area contributed by atoms with Gasteiger partial charge in [0.2, 0.25) is 0 Å². The molecule has 0 bridgehead atoms. The first-order valence-electron chi connectivity index (χ1n) is 5.66. The molecule has 1 saturated heterocycles. The summed E-state index contributed by atoms with van der Waals surface area (Å²) in [4.78, 5) is 11.9. The van der Waals surface area contributed by atoms with E-state index >= 15 is 0 Å². The molecule has 0 amide bonds. The van der Waals surface area contributed by atoms with Crippen molar-refractivity contribution in [3.05, 3.63) is 18.0 Å². The maximum atomic E-state index is 11.9. The number of ether oxygens (including phenoxy) is 1. The van der Waals surface area contributed by atoms with Gasteiger partial charge in [0.15, 0.2) is 5.78 Å². The van der Waals surface area contributed by atoms with Gasteiger partial charge in [-0.2, -0.15) is 5.10 Å². The van der Waals surface area contributed by atoms with Gasteiger partial charge in [-0.1, -0.05) is 0 Å². The van der Waals surface area contributed by atoms with Gasteiger partial charge in [-0.15, -0.1) is 0 Å². The van der Waals surface area contributed by atoms with E-state index in [0.29, 0.717) is 19.6 Å². The molecule has 5 nitrogen and oxygen atoms in total. The van der Waals surface area contributed by atoms with Crippen LogP contribution in [0.25, 0.3) is 0 Å². The summed E-state index contributed by atoms with van der Waals surface area (Å²) in [6.45, 7) is 4.92. The first-order valence-corrected chi connectivity index (χ1v) is 5.66. The number of aromatic nitrogens is 2. The van der Waals surface area contributed by atoms with Crippen molar-refractivity contribution >= 4 is 5.78 Å². The zero-order valence-corrected chi connectivity index (χ0v) is 9.48. The highest BCUT2D eigenvalue weighted by atomic mass is 16.5. The Kier molecular flexibility index (Phi) is 3.69. The summed E-state index contributed by atoms with van der Waals surface area (Å²) in [5.74, 6) is 0.128. The quantitative estimate of drug-likeness (QED) is 0.781. The van der Waals surface area contributed by atoms with Crippen molar-refractivity contribution in [2.24, 2.45) is 0 Å². The van der Waals surface area contributed by atoms with Crippen LogP contribution in [-0.2, 0) is 22.5 Å². The van der Waals surface area contributed by atoms with E-state index in [4.69, 9.17) is 4.74 Å². The Morgan fingerprint density at radius 2 is 2.62 bits per heavy atom. The number of Topliss-reactive ketones (excluding diaryl/α,β-unsaturated/α-hetero) is 1. The van der Waals surface area contributed by atoms with E-state index in [0.717, 1.165) is 18.7 Å². The average molecular weight is 223 g/mol. The second kappa shape index (κ2) is 5.23. The van der Waals surface area contributed by atoms with Gasteiger partial charge in [-0.05, 0) is 12.5 Å². The average Bonchev–Trinajstić information content (AvgIpc) is 2.78. The van der Waals surface area contributed by atoms with Gasteiger partial charge in [-0.3, -0.25) is 9.48 Å². The number of carbonyl (C=O) groups excluding carboxylic acids is 1. The lowest BCUT2D eigenvalue weighted by molar-refractivity contribution is -0.131. The Morgan fingerprint density at radius 1 is 1.75 bits per heavy atom. The van der Waals surface area contributed by atoms with Crippen molar-refractivity contribution in [3.8, 4) is 0 Å². The van der Waals surface area contributed by atoms with Crippen LogP contribution in [0.4, 0.5) is 0 Å². The topological polar surface area (TPSA) is 56.2 Å². The highest BCUT2D eigenvalue weighted by molar-refractivity contribution is 5.85. The van der Waals surface area contributed by atoms with Crippen LogP contribution in [0.2, 0.25) is 0 Å². The normalized spacial score (nSPS) is 20.9. The third-order valence-electron chi connectivity index (χ3n) is 2.68. The second-order valence-corrected chi connectivity index (χ2v) is 3.91. The molecular weight excluding hydrogens is 206 g/mol. The fourth-order valence-corrected chi connectivity index (χ4v) is 1.76. The Hall–Kier alpha value is -1.20. The van der Waals surface area contributed by atoms with Gasteiger partial charge in [0, 0.05) is 32.3 Å². The lowest BCUT2D eigenvalue weighted by Crippen LogP contribution is -2.43. The second-order valence-electron chi connectivity index (χ2n) is 3.91. The standard InChI is InChI=1S/C11H17N3O2/c1-2-14-8-9(6-13-14)5-10(15)11-7-12-3-4-16-11/h6,8,11-12H,2-5,7H2,1H3. The number of hydrogen-bond donors (Lipinski definition) is 1. The monoisotopic (exact) mass is 223 g/mol. The van der Waals surface area contributed by atoms with Crippen LogP contribution in [0, 0.1) is 0 Å². The molecule has 0 aromatic carbocycles. The molecule has 88 valence electrons. The summed E-state index contributed by atoms with van der Waals surface area (Å²) in [6, 6.07) is 0. The number of ketones is 1. The lowest BCUT2D eigenvalue weighted by atomic mass is 10.1. The molecule has 5 heteroatoms. The first kappa shape index (κ1) is 11.3. The number of nitrogens with one attached hydrogen (secondary N) is 1. The van der Waals surface area contributed by atoms with E-state index in [1.165, 1.54) is 0 Å². The van der Waals surface area contributed by atoms with E-state index < -0.39 is 0 Å². The highest BCUT2D eigenvalue weighted by Gasteiger charge is 2.21. The molecule has 16 heavy (non-hydrogen) atoms. The molecular formula is C11H17N3O2. The van der Waals surface area contributed by atoms with Crippen molar-refractivity contribution in [1.82, 2.24) is 15.1 Å². The number of carbonyl (C=O) groups is 1.